The van der Waals surface area contributed by atoms with Gasteiger partial charge in [0.1, 0.15) is 11.2 Å². The Balaban J connectivity index is 2.55. The summed E-state index contributed by atoms with van der Waals surface area (Å²) in [6.45, 7) is 0. The number of benzene rings is 1. The van der Waals surface area contributed by atoms with Gasteiger partial charge in [0.15, 0.2) is 0 Å². The Morgan fingerprint density at radius 3 is 1.33 bits per heavy atom. The molecule has 0 saturated carbocycles. The van der Waals surface area contributed by atoms with E-state index in [4.69, 9.17) is 0 Å². The summed E-state index contributed by atoms with van der Waals surface area (Å²) in [5, 5.41) is -1.51. The molecular formula is C14H4F6O4. The molecule has 0 spiro atoms. The molecule has 1 aromatic carbocycles. The molecule has 0 unspecified atom stereocenters. The van der Waals surface area contributed by atoms with E-state index >= 15 is 0 Å². The van der Waals surface area contributed by atoms with Crippen LogP contribution in [0.3, 0.4) is 0 Å². The first kappa shape index (κ1) is 16.1. The first-order valence-corrected chi connectivity index (χ1v) is 6.17. The van der Waals surface area contributed by atoms with Gasteiger partial charge in [0, 0.05) is 29.0 Å². The van der Waals surface area contributed by atoms with Gasteiger partial charge in [-0.05, 0) is 6.07 Å². The van der Waals surface area contributed by atoms with Crippen molar-refractivity contribution in [1.29, 1.82) is 0 Å². The molecule has 2 aromatic heterocycles. The van der Waals surface area contributed by atoms with Crippen molar-refractivity contribution in [3.05, 3.63) is 56.2 Å². The van der Waals surface area contributed by atoms with Crippen LogP contribution in [0.2, 0.25) is 0 Å². The molecule has 0 fully saturated rings. The van der Waals surface area contributed by atoms with Crippen LogP contribution in [0.25, 0.3) is 21.9 Å². The summed E-state index contributed by atoms with van der Waals surface area (Å²) >= 11 is 0. The zero-order valence-corrected chi connectivity index (χ0v) is 11.2. The molecule has 0 aliphatic heterocycles. The molecule has 0 aliphatic carbocycles. The van der Waals surface area contributed by atoms with Gasteiger partial charge in [0.2, 0.25) is 0 Å². The molecule has 3 aromatic rings. The van der Waals surface area contributed by atoms with Crippen LogP contribution < -0.4 is 11.3 Å². The summed E-state index contributed by atoms with van der Waals surface area (Å²) in [7, 11) is 0. The summed E-state index contributed by atoms with van der Waals surface area (Å²) in [5.74, 6) is 0. The Morgan fingerprint density at radius 2 is 1.00 bits per heavy atom. The van der Waals surface area contributed by atoms with Crippen molar-refractivity contribution in [3.8, 4) is 0 Å². The fourth-order valence-electron chi connectivity index (χ4n) is 2.29. The minimum absolute atomic E-state index is 0.139. The van der Waals surface area contributed by atoms with Gasteiger partial charge in [-0.1, -0.05) is 0 Å². The lowest BCUT2D eigenvalue weighted by Crippen LogP contribution is -2.13. The Hall–Kier alpha value is -2.78. The van der Waals surface area contributed by atoms with E-state index in [-0.39, 0.29) is 12.1 Å². The van der Waals surface area contributed by atoms with Gasteiger partial charge in [-0.15, -0.1) is 0 Å². The molecule has 0 amide bonds. The lowest BCUT2D eigenvalue weighted by atomic mass is 10.0. The van der Waals surface area contributed by atoms with E-state index in [0.717, 1.165) is 0 Å². The largest absolute Gasteiger partial charge is 0.423 e. The van der Waals surface area contributed by atoms with E-state index in [9.17, 15) is 35.9 Å². The molecule has 126 valence electrons. The van der Waals surface area contributed by atoms with Gasteiger partial charge in [0.05, 0.1) is 11.1 Å². The van der Waals surface area contributed by atoms with Gasteiger partial charge >= 0.3 is 23.6 Å². The summed E-state index contributed by atoms with van der Waals surface area (Å²) in [6.07, 6.45) is -9.98. The maximum Gasteiger partial charge on any atom is 0.417 e. The summed E-state index contributed by atoms with van der Waals surface area (Å²) in [4.78, 5) is 22.5. The first-order chi connectivity index (χ1) is 11.0. The van der Waals surface area contributed by atoms with Crippen molar-refractivity contribution in [3.63, 3.8) is 0 Å². The zero-order valence-electron chi connectivity index (χ0n) is 11.2. The van der Waals surface area contributed by atoms with Crippen LogP contribution in [0.5, 0.6) is 0 Å². The topological polar surface area (TPSA) is 60.4 Å². The molecule has 0 radical (unpaired) electrons. The molecule has 0 atom stereocenters. The predicted octanol–water partition coefficient (Wildman–Crippen LogP) is 3.94. The number of hydrogen-bond acceptors (Lipinski definition) is 4. The lowest BCUT2D eigenvalue weighted by molar-refractivity contribution is -0.137. The van der Waals surface area contributed by atoms with Crippen LogP contribution in [0.4, 0.5) is 26.3 Å². The minimum atomic E-state index is -4.99. The Labute approximate surface area is 126 Å². The van der Waals surface area contributed by atoms with Crippen LogP contribution in [-0.4, -0.2) is 0 Å². The SMILES string of the molecule is O=c1cc(C(F)(F)F)c2cc3c(C(F)(F)F)cc(=O)oc3cc2o1. The number of halogens is 6. The Morgan fingerprint density at radius 1 is 0.625 bits per heavy atom. The van der Waals surface area contributed by atoms with Crippen LogP contribution >= 0.6 is 0 Å². The van der Waals surface area contributed by atoms with Crippen LogP contribution in [0.1, 0.15) is 11.1 Å². The highest BCUT2D eigenvalue weighted by Crippen LogP contribution is 2.38. The highest BCUT2D eigenvalue weighted by Gasteiger charge is 2.36. The molecule has 0 aliphatic rings. The second-order valence-corrected chi connectivity index (χ2v) is 4.80. The third-order valence-corrected chi connectivity index (χ3v) is 3.22. The highest BCUT2D eigenvalue weighted by atomic mass is 19.4. The summed E-state index contributed by atoms with van der Waals surface area (Å²) in [6, 6.07) is 1.46. The Kier molecular flexibility index (Phi) is 3.26. The monoisotopic (exact) mass is 350 g/mol. The average Bonchev–Trinajstić information content (AvgIpc) is 2.41. The predicted molar refractivity (Wildman–Crippen MR) is 68.5 cm³/mol. The third-order valence-electron chi connectivity index (χ3n) is 3.22. The molecule has 4 nitrogen and oxygen atoms in total. The second-order valence-electron chi connectivity index (χ2n) is 4.80. The van der Waals surface area contributed by atoms with E-state index < -0.39 is 56.7 Å². The van der Waals surface area contributed by atoms with Crippen molar-refractivity contribution in [1.82, 2.24) is 0 Å². The Bertz CT molecular complexity index is 988. The van der Waals surface area contributed by atoms with E-state index in [2.05, 4.69) is 8.83 Å². The number of alkyl halides is 6. The van der Waals surface area contributed by atoms with E-state index in [1.54, 1.807) is 0 Å². The number of rotatable bonds is 0. The molecule has 0 N–H and O–H groups in total. The van der Waals surface area contributed by atoms with Crippen LogP contribution in [0, 0.1) is 0 Å². The summed E-state index contributed by atoms with van der Waals surface area (Å²) in [5.41, 5.74) is -6.88. The van der Waals surface area contributed by atoms with Crippen LogP contribution in [-0.2, 0) is 12.4 Å². The molecule has 24 heavy (non-hydrogen) atoms. The standard InChI is InChI=1S/C14H4F6O4/c15-13(16,17)7-2-11(21)23-9-4-10-6(1-5(7)9)8(14(18,19)20)3-12(22)24-10/h1-4H. The fraction of sp³-hybridized carbons (Fsp3) is 0.143. The minimum Gasteiger partial charge on any atom is -0.423 e. The van der Waals surface area contributed by atoms with Crippen molar-refractivity contribution in [2.75, 3.05) is 0 Å². The van der Waals surface area contributed by atoms with E-state index in [1.165, 1.54) is 0 Å². The number of fused-ring (bicyclic) bond motifs is 2. The summed E-state index contributed by atoms with van der Waals surface area (Å²) < 4.78 is 87.3. The number of hydrogen-bond donors (Lipinski definition) is 0. The second kappa shape index (κ2) is 4.86. The molecule has 10 heteroatoms. The molecule has 2 heterocycles. The van der Waals surface area contributed by atoms with Crippen molar-refractivity contribution in [2.45, 2.75) is 12.4 Å². The molecule has 0 saturated heterocycles. The maximum absolute atomic E-state index is 13.0. The highest BCUT2D eigenvalue weighted by molar-refractivity contribution is 5.96. The van der Waals surface area contributed by atoms with Gasteiger partial charge in [-0.25, -0.2) is 9.59 Å². The quantitative estimate of drug-likeness (QED) is 0.350. The van der Waals surface area contributed by atoms with Crippen molar-refractivity contribution in [2.24, 2.45) is 0 Å². The van der Waals surface area contributed by atoms with Crippen molar-refractivity contribution < 1.29 is 35.2 Å². The van der Waals surface area contributed by atoms with Gasteiger partial charge < -0.3 is 8.83 Å². The van der Waals surface area contributed by atoms with Gasteiger partial charge in [-0.2, -0.15) is 26.3 Å². The van der Waals surface area contributed by atoms with Crippen molar-refractivity contribution >= 4 is 21.9 Å². The normalized spacial score (nSPS) is 12.9. The van der Waals surface area contributed by atoms with Crippen LogP contribution in [0.15, 0.2) is 42.7 Å². The maximum atomic E-state index is 13.0. The lowest BCUT2D eigenvalue weighted by Gasteiger charge is -2.12. The molecule has 0 bridgehead atoms. The van der Waals surface area contributed by atoms with E-state index in [1.807, 2.05) is 0 Å². The molecule has 3 rings (SSSR count). The van der Waals surface area contributed by atoms with E-state index in [0.29, 0.717) is 12.1 Å². The first-order valence-electron chi connectivity index (χ1n) is 6.17. The third kappa shape index (κ3) is 2.63. The molecular weight excluding hydrogens is 346 g/mol. The smallest absolute Gasteiger partial charge is 0.417 e. The van der Waals surface area contributed by atoms with Gasteiger partial charge in [-0.3, -0.25) is 0 Å². The zero-order chi connectivity index (χ0) is 17.9. The van der Waals surface area contributed by atoms with Gasteiger partial charge in [0.25, 0.3) is 0 Å². The average molecular weight is 350 g/mol. The fourth-order valence-corrected chi connectivity index (χ4v) is 2.29.